The molecule has 0 saturated carbocycles. The lowest BCUT2D eigenvalue weighted by atomic mass is 10.1. The van der Waals surface area contributed by atoms with Crippen molar-refractivity contribution in [1.29, 1.82) is 0 Å². The Morgan fingerprint density at radius 1 is 1.19 bits per heavy atom. The minimum atomic E-state index is -0.205. The van der Waals surface area contributed by atoms with E-state index >= 15 is 0 Å². The number of hydrogen-bond donors (Lipinski definition) is 1. The number of carbonyl (C=O) groups excluding carboxylic acids is 2. The minimum Gasteiger partial charge on any atom is -0.378 e. The molecule has 1 aliphatic rings. The van der Waals surface area contributed by atoms with E-state index in [1.807, 2.05) is 12.1 Å². The Hall–Kier alpha value is -1.59. The van der Waals surface area contributed by atoms with Crippen LogP contribution in [0.15, 0.2) is 24.3 Å². The molecule has 1 saturated heterocycles. The van der Waals surface area contributed by atoms with E-state index in [1.54, 1.807) is 12.1 Å². The highest BCUT2D eigenvalue weighted by Crippen LogP contribution is 2.16. The summed E-state index contributed by atoms with van der Waals surface area (Å²) in [5.74, 6) is -0.0522. The van der Waals surface area contributed by atoms with Crippen molar-refractivity contribution in [3.63, 3.8) is 0 Å². The number of Topliss-reactive ketones (excluding diaryl/α,β-unsaturated/α-hetero) is 1. The zero-order chi connectivity index (χ0) is 15.1. The molecule has 1 N–H and O–H groups in total. The first-order valence-corrected chi connectivity index (χ1v) is 7.53. The normalized spacial score (nSPS) is 14.8. The smallest absolute Gasteiger partial charge is 0.221 e. The van der Waals surface area contributed by atoms with E-state index in [0.29, 0.717) is 5.56 Å². The first kappa shape index (κ1) is 15.8. The molecule has 1 amide bonds. The maximum absolute atomic E-state index is 12.0. The quantitative estimate of drug-likeness (QED) is 0.638. The third-order valence-corrected chi connectivity index (χ3v) is 3.52. The Bertz CT molecular complexity index is 484. The molecular weight excluding hydrogens is 292 g/mol. The average Bonchev–Trinajstić information content (AvgIpc) is 2.54. The first-order chi connectivity index (χ1) is 10.2. The van der Waals surface area contributed by atoms with E-state index in [0.717, 1.165) is 32.0 Å². The molecule has 0 unspecified atom stereocenters. The van der Waals surface area contributed by atoms with Crippen LogP contribution in [0, 0.1) is 0 Å². The molecule has 0 radical (unpaired) electrons. The van der Waals surface area contributed by atoms with Crippen molar-refractivity contribution in [3.8, 4) is 0 Å². The van der Waals surface area contributed by atoms with Crippen molar-refractivity contribution in [1.82, 2.24) is 5.32 Å². The lowest BCUT2D eigenvalue weighted by molar-refractivity contribution is -0.120. The zero-order valence-corrected chi connectivity index (χ0v) is 12.6. The molecular formula is C15H19ClN2O3. The van der Waals surface area contributed by atoms with Gasteiger partial charge in [0.05, 0.1) is 19.8 Å². The number of halogens is 1. The van der Waals surface area contributed by atoms with E-state index in [1.165, 1.54) is 0 Å². The molecule has 1 fully saturated rings. The number of ether oxygens (including phenoxy) is 1. The van der Waals surface area contributed by atoms with Crippen LogP contribution >= 0.6 is 11.6 Å². The molecule has 2 rings (SSSR count). The van der Waals surface area contributed by atoms with Crippen molar-refractivity contribution in [2.45, 2.75) is 6.42 Å². The van der Waals surface area contributed by atoms with Crippen LogP contribution in [0.4, 0.5) is 5.69 Å². The zero-order valence-electron chi connectivity index (χ0n) is 11.8. The van der Waals surface area contributed by atoms with Crippen LogP contribution in [-0.2, 0) is 9.53 Å². The molecule has 21 heavy (non-hydrogen) atoms. The summed E-state index contributed by atoms with van der Waals surface area (Å²) < 4.78 is 5.31. The number of hydrogen-bond acceptors (Lipinski definition) is 4. The predicted molar refractivity (Wildman–Crippen MR) is 82.2 cm³/mol. The van der Waals surface area contributed by atoms with Crippen molar-refractivity contribution >= 4 is 29.0 Å². The molecule has 0 aromatic heterocycles. The van der Waals surface area contributed by atoms with E-state index in [2.05, 4.69) is 10.2 Å². The second kappa shape index (κ2) is 8.00. The third kappa shape index (κ3) is 4.72. The first-order valence-electron chi connectivity index (χ1n) is 6.99. The van der Waals surface area contributed by atoms with Gasteiger partial charge in [-0.15, -0.1) is 11.6 Å². The number of alkyl halides is 1. The number of morpholine rings is 1. The van der Waals surface area contributed by atoms with Crippen LogP contribution in [-0.4, -0.2) is 50.4 Å². The van der Waals surface area contributed by atoms with Crippen LogP contribution in [0.25, 0.3) is 0 Å². The fourth-order valence-corrected chi connectivity index (χ4v) is 2.31. The number of rotatable bonds is 6. The van der Waals surface area contributed by atoms with Gasteiger partial charge in [-0.2, -0.15) is 0 Å². The van der Waals surface area contributed by atoms with Gasteiger partial charge in [0.25, 0.3) is 0 Å². The number of nitrogens with zero attached hydrogens (tertiary/aromatic N) is 1. The fourth-order valence-electron chi connectivity index (χ4n) is 2.13. The molecule has 0 atom stereocenters. The van der Waals surface area contributed by atoms with Crippen molar-refractivity contribution in [2.24, 2.45) is 0 Å². The Morgan fingerprint density at radius 3 is 2.48 bits per heavy atom. The van der Waals surface area contributed by atoms with Gasteiger partial charge in [0.15, 0.2) is 5.78 Å². The van der Waals surface area contributed by atoms with Gasteiger partial charge in [-0.1, -0.05) is 0 Å². The third-order valence-electron chi connectivity index (χ3n) is 3.33. The maximum atomic E-state index is 12.0. The van der Waals surface area contributed by atoms with Crippen molar-refractivity contribution in [2.75, 3.05) is 43.6 Å². The summed E-state index contributed by atoms with van der Waals surface area (Å²) in [6.45, 7) is 3.19. The molecule has 1 heterocycles. The van der Waals surface area contributed by atoms with Crippen LogP contribution in [0.1, 0.15) is 16.8 Å². The van der Waals surface area contributed by atoms with Gasteiger partial charge in [0.1, 0.15) is 0 Å². The van der Waals surface area contributed by atoms with Gasteiger partial charge in [0, 0.05) is 36.6 Å². The van der Waals surface area contributed by atoms with E-state index in [9.17, 15) is 9.59 Å². The number of amides is 1. The largest absolute Gasteiger partial charge is 0.378 e. The molecule has 0 spiro atoms. The minimum absolute atomic E-state index is 0.00657. The lowest BCUT2D eigenvalue weighted by Crippen LogP contribution is -2.36. The van der Waals surface area contributed by atoms with Crippen LogP contribution < -0.4 is 10.2 Å². The van der Waals surface area contributed by atoms with Gasteiger partial charge in [-0.05, 0) is 24.3 Å². The molecule has 1 aromatic carbocycles. The summed E-state index contributed by atoms with van der Waals surface area (Å²) in [5.41, 5.74) is 1.68. The van der Waals surface area contributed by atoms with Gasteiger partial charge in [-0.3, -0.25) is 9.59 Å². The number of ketones is 1. The Balaban J connectivity index is 1.88. The summed E-state index contributed by atoms with van der Waals surface area (Å²) in [7, 11) is 0. The standard InChI is InChI=1S/C15H19ClN2O3/c16-6-5-15(20)17-11-14(19)12-1-3-13(4-2-12)18-7-9-21-10-8-18/h1-4H,5-11H2,(H,17,20). The van der Waals surface area contributed by atoms with Crippen LogP contribution in [0.3, 0.4) is 0 Å². The van der Waals surface area contributed by atoms with Crippen LogP contribution in [0.2, 0.25) is 0 Å². The maximum Gasteiger partial charge on any atom is 0.221 e. The summed E-state index contributed by atoms with van der Waals surface area (Å²) >= 11 is 5.46. The highest BCUT2D eigenvalue weighted by molar-refractivity contribution is 6.19. The molecule has 5 nitrogen and oxygen atoms in total. The summed E-state index contributed by atoms with van der Waals surface area (Å²) in [5, 5.41) is 2.56. The SMILES string of the molecule is O=C(CCCl)NCC(=O)c1ccc(N2CCOCC2)cc1. The Morgan fingerprint density at radius 2 is 1.86 bits per heavy atom. The number of benzene rings is 1. The summed E-state index contributed by atoms with van der Waals surface area (Å²) in [6, 6.07) is 7.44. The van der Waals surface area contributed by atoms with E-state index in [4.69, 9.17) is 16.3 Å². The molecule has 0 aliphatic carbocycles. The molecule has 1 aromatic rings. The number of nitrogens with one attached hydrogen (secondary N) is 1. The summed E-state index contributed by atoms with van der Waals surface area (Å²) in [6.07, 6.45) is 0.227. The lowest BCUT2D eigenvalue weighted by Gasteiger charge is -2.28. The predicted octanol–water partition coefficient (Wildman–Crippen LogP) is 1.45. The second-order valence-electron chi connectivity index (χ2n) is 4.79. The van der Waals surface area contributed by atoms with Gasteiger partial charge >= 0.3 is 0 Å². The second-order valence-corrected chi connectivity index (χ2v) is 5.16. The molecule has 0 bridgehead atoms. The number of carbonyl (C=O) groups is 2. The van der Waals surface area contributed by atoms with Gasteiger partial charge < -0.3 is 15.0 Å². The summed E-state index contributed by atoms with van der Waals surface area (Å²) in [4.78, 5) is 25.5. The molecule has 6 heteroatoms. The Kier molecular flexibility index (Phi) is 6.02. The monoisotopic (exact) mass is 310 g/mol. The molecule has 1 aliphatic heterocycles. The van der Waals surface area contributed by atoms with Crippen molar-refractivity contribution in [3.05, 3.63) is 29.8 Å². The van der Waals surface area contributed by atoms with Crippen LogP contribution in [0.5, 0.6) is 0 Å². The van der Waals surface area contributed by atoms with Gasteiger partial charge in [0.2, 0.25) is 5.91 Å². The highest BCUT2D eigenvalue weighted by Gasteiger charge is 2.12. The average molecular weight is 311 g/mol. The van der Waals surface area contributed by atoms with Crippen molar-refractivity contribution < 1.29 is 14.3 Å². The van der Waals surface area contributed by atoms with E-state index < -0.39 is 0 Å². The fraction of sp³-hybridized carbons (Fsp3) is 0.467. The van der Waals surface area contributed by atoms with Gasteiger partial charge in [-0.25, -0.2) is 0 Å². The topological polar surface area (TPSA) is 58.6 Å². The Labute approximate surface area is 129 Å². The molecule has 114 valence electrons. The van der Waals surface area contributed by atoms with E-state index in [-0.39, 0.29) is 30.5 Å². The highest BCUT2D eigenvalue weighted by atomic mass is 35.5. The number of anilines is 1.